The van der Waals surface area contributed by atoms with Crippen LogP contribution in [0.15, 0.2) is 24.3 Å². The molecule has 65 valence electrons. The van der Waals surface area contributed by atoms with Gasteiger partial charge >= 0.3 is 11.8 Å². The fourth-order valence-corrected chi connectivity index (χ4v) is 1.13. The predicted octanol–water partition coefficient (Wildman–Crippen LogP) is -0.331. The summed E-state index contributed by atoms with van der Waals surface area (Å²) in [5.41, 5.74) is 0.877. The van der Waals surface area contributed by atoms with Crippen LogP contribution in [-0.4, -0.2) is 11.8 Å². The van der Waals surface area contributed by atoms with Crippen molar-refractivity contribution in [1.82, 2.24) is 5.32 Å². The molecule has 5 heteroatoms. The number of nitrogens with two attached hydrogens (primary N) is 1. The van der Waals surface area contributed by atoms with E-state index in [0.29, 0.717) is 11.4 Å². The third-order valence-corrected chi connectivity index (χ3v) is 1.77. The van der Waals surface area contributed by atoms with E-state index in [1.165, 1.54) is 0 Å². The van der Waals surface area contributed by atoms with Crippen molar-refractivity contribution in [1.29, 1.82) is 0 Å². The van der Waals surface area contributed by atoms with E-state index >= 15 is 0 Å². The standard InChI is InChI=1S/C8H6N3O2/c9-11-6-4-2-1-3-5(6)10-7(12)8(11)13/h1-4H,9H2. The van der Waals surface area contributed by atoms with Crippen LogP contribution in [0.4, 0.5) is 11.4 Å². The first-order valence-electron chi connectivity index (χ1n) is 3.64. The number of para-hydroxylation sites is 2. The van der Waals surface area contributed by atoms with Gasteiger partial charge in [0.1, 0.15) is 0 Å². The molecule has 0 unspecified atom stereocenters. The average molecular weight is 176 g/mol. The number of hydrogen-bond acceptors (Lipinski definition) is 3. The highest BCUT2D eigenvalue weighted by atomic mass is 16.2. The predicted molar refractivity (Wildman–Crippen MR) is 44.9 cm³/mol. The topological polar surface area (TPSA) is 77.5 Å². The molecule has 0 aliphatic carbocycles. The largest absolute Gasteiger partial charge is 0.337 e. The first kappa shape index (κ1) is 7.75. The Labute approximate surface area is 74.1 Å². The Morgan fingerprint density at radius 1 is 1.23 bits per heavy atom. The monoisotopic (exact) mass is 176 g/mol. The van der Waals surface area contributed by atoms with Crippen molar-refractivity contribution in [3.05, 3.63) is 24.3 Å². The average Bonchev–Trinajstić information content (AvgIpc) is 2.15. The highest BCUT2D eigenvalue weighted by Gasteiger charge is 2.30. The van der Waals surface area contributed by atoms with Crippen LogP contribution < -0.4 is 16.2 Å². The Balaban J connectivity index is 2.55. The SMILES string of the molecule is NN1C(=O)C(=O)[N]c2ccccc21. The summed E-state index contributed by atoms with van der Waals surface area (Å²) in [6.45, 7) is 0. The summed E-state index contributed by atoms with van der Waals surface area (Å²) in [6, 6.07) is 6.69. The minimum absolute atomic E-state index is 0.426. The number of hydrogen-bond donors (Lipinski definition) is 1. The summed E-state index contributed by atoms with van der Waals surface area (Å²) in [7, 11) is 0. The number of fused-ring (bicyclic) bond motifs is 1. The Bertz CT molecular complexity index is 389. The van der Waals surface area contributed by atoms with Gasteiger partial charge in [-0.3, -0.25) is 9.59 Å². The number of amides is 2. The van der Waals surface area contributed by atoms with E-state index in [-0.39, 0.29) is 0 Å². The van der Waals surface area contributed by atoms with E-state index in [2.05, 4.69) is 5.32 Å². The number of benzene rings is 1. The maximum atomic E-state index is 11.0. The lowest BCUT2D eigenvalue weighted by Gasteiger charge is -2.22. The Kier molecular flexibility index (Phi) is 1.53. The van der Waals surface area contributed by atoms with Gasteiger partial charge in [0, 0.05) is 0 Å². The van der Waals surface area contributed by atoms with E-state index in [0.717, 1.165) is 5.01 Å². The van der Waals surface area contributed by atoms with Crippen molar-refractivity contribution in [3.63, 3.8) is 0 Å². The molecule has 2 N–H and O–H groups in total. The number of carbonyl (C=O) groups is 2. The van der Waals surface area contributed by atoms with Gasteiger partial charge in [0.15, 0.2) is 0 Å². The van der Waals surface area contributed by atoms with Gasteiger partial charge in [-0.15, -0.1) is 0 Å². The normalized spacial score (nSPS) is 15.3. The first-order valence-corrected chi connectivity index (χ1v) is 3.64. The van der Waals surface area contributed by atoms with Crippen LogP contribution in [0.25, 0.3) is 0 Å². The van der Waals surface area contributed by atoms with E-state index in [1.807, 2.05) is 0 Å². The Morgan fingerprint density at radius 2 is 1.92 bits per heavy atom. The lowest BCUT2D eigenvalue weighted by molar-refractivity contribution is -0.137. The second kappa shape index (κ2) is 2.56. The molecule has 5 nitrogen and oxygen atoms in total. The molecular formula is C8H6N3O2. The molecule has 0 aromatic heterocycles. The molecule has 13 heavy (non-hydrogen) atoms. The molecule has 1 heterocycles. The van der Waals surface area contributed by atoms with Gasteiger partial charge in [-0.1, -0.05) is 12.1 Å². The van der Waals surface area contributed by atoms with Crippen molar-refractivity contribution >= 4 is 23.2 Å². The maximum absolute atomic E-state index is 11.0. The minimum atomic E-state index is -0.832. The first-order chi connectivity index (χ1) is 6.20. The van der Waals surface area contributed by atoms with Gasteiger partial charge in [0.05, 0.1) is 11.4 Å². The molecule has 0 bridgehead atoms. The zero-order valence-corrected chi connectivity index (χ0v) is 6.60. The van der Waals surface area contributed by atoms with Crippen LogP contribution in [0.3, 0.4) is 0 Å². The molecule has 1 aromatic rings. The highest BCUT2D eigenvalue weighted by Crippen LogP contribution is 2.26. The molecule has 2 rings (SSSR count). The zero-order valence-electron chi connectivity index (χ0n) is 6.60. The fourth-order valence-electron chi connectivity index (χ4n) is 1.13. The minimum Gasteiger partial charge on any atom is -0.261 e. The Hall–Kier alpha value is -1.88. The van der Waals surface area contributed by atoms with Crippen molar-refractivity contribution in [2.75, 3.05) is 5.01 Å². The van der Waals surface area contributed by atoms with Crippen molar-refractivity contribution in [2.45, 2.75) is 0 Å². The molecule has 0 atom stereocenters. The maximum Gasteiger partial charge on any atom is 0.337 e. The van der Waals surface area contributed by atoms with Crippen LogP contribution in [0.5, 0.6) is 0 Å². The third-order valence-electron chi connectivity index (χ3n) is 1.77. The van der Waals surface area contributed by atoms with Gasteiger partial charge in [-0.05, 0) is 12.1 Å². The molecule has 0 saturated carbocycles. The van der Waals surface area contributed by atoms with E-state index in [4.69, 9.17) is 5.84 Å². The van der Waals surface area contributed by atoms with Gasteiger partial charge in [0.25, 0.3) is 0 Å². The van der Waals surface area contributed by atoms with Crippen molar-refractivity contribution < 1.29 is 9.59 Å². The van der Waals surface area contributed by atoms with Gasteiger partial charge in [-0.2, -0.15) is 0 Å². The van der Waals surface area contributed by atoms with Crippen molar-refractivity contribution in [2.24, 2.45) is 5.84 Å². The number of hydrazine groups is 1. The number of carbonyl (C=O) groups excluding carboxylic acids is 2. The molecule has 1 aliphatic rings. The lowest BCUT2D eigenvalue weighted by atomic mass is 10.2. The molecule has 0 fully saturated rings. The quantitative estimate of drug-likeness (QED) is 0.334. The summed E-state index contributed by atoms with van der Waals surface area (Å²) in [5.74, 6) is 3.74. The third kappa shape index (κ3) is 1.06. The molecule has 1 radical (unpaired) electrons. The smallest absolute Gasteiger partial charge is 0.261 e. The van der Waals surface area contributed by atoms with E-state index < -0.39 is 11.8 Å². The van der Waals surface area contributed by atoms with Crippen LogP contribution in [-0.2, 0) is 9.59 Å². The summed E-state index contributed by atoms with van der Waals surface area (Å²) in [4.78, 5) is 22.0. The Morgan fingerprint density at radius 3 is 2.69 bits per heavy atom. The van der Waals surface area contributed by atoms with Gasteiger partial charge < -0.3 is 0 Å². The summed E-state index contributed by atoms with van der Waals surface area (Å²) < 4.78 is 0. The highest BCUT2D eigenvalue weighted by molar-refractivity contribution is 6.42. The van der Waals surface area contributed by atoms with E-state index in [9.17, 15) is 9.59 Å². The summed E-state index contributed by atoms with van der Waals surface area (Å²) >= 11 is 0. The van der Waals surface area contributed by atoms with Crippen LogP contribution >= 0.6 is 0 Å². The number of rotatable bonds is 0. The molecule has 0 saturated heterocycles. The van der Waals surface area contributed by atoms with Gasteiger partial charge in [-0.25, -0.2) is 16.2 Å². The van der Waals surface area contributed by atoms with Crippen molar-refractivity contribution in [3.8, 4) is 0 Å². The van der Waals surface area contributed by atoms with E-state index in [1.54, 1.807) is 24.3 Å². The molecule has 2 amide bonds. The lowest BCUT2D eigenvalue weighted by Crippen LogP contribution is -2.47. The van der Waals surface area contributed by atoms with Crippen LogP contribution in [0.1, 0.15) is 0 Å². The summed E-state index contributed by atoms with van der Waals surface area (Å²) in [5, 5.41) is 4.38. The van der Waals surface area contributed by atoms with Crippen LogP contribution in [0, 0.1) is 0 Å². The van der Waals surface area contributed by atoms with Crippen LogP contribution in [0.2, 0.25) is 0 Å². The van der Waals surface area contributed by atoms with Gasteiger partial charge in [0.2, 0.25) is 0 Å². The fraction of sp³-hybridized carbons (Fsp3) is 0. The molecular weight excluding hydrogens is 170 g/mol. The molecule has 1 aliphatic heterocycles. The second-order valence-electron chi connectivity index (χ2n) is 2.58. The number of anilines is 1. The number of nitrogens with zero attached hydrogens (tertiary/aromatic N) is 2. The molecule has 1 aromatic carbocycles. The zero-order chi connectivity index (χ0) is 9.42. The second-order valence-corrected chi connectivity index (χ2v) is 2.58. The summed E-state index contributed by atoms with van der Waals surface area (Å²) in [6.07, 6.45) is 0. The molecule has 0 spiro atoms.